The van der Waals surface area contributed by atoms with Crippen molar-refractivity contribution in [2.24, 2.45) is 0 Å². The maximum Gasteiger partial charge on any atom is 0.259 e. The number of imidazole rings is 1. The molecular formula is C20H17N3O2. The van der Waals surface area contributed by atoms with Gasteiger partial charge in [0.05, 0.1) is 16.8 Å². The molecule has 1 aliphatic rings. The molecule has 0 atom stereocenters. The Bertz CT molecular complexity index is 974. The number of nitrogens with zero attached hydrogens (tertiary/aromatic N) is 1. The third-order valence-corrected chi connectivity index (χ3v) is 4.51. The molecule has 1 aromatic heterocycles. The minimum Gasteiger partial charge on any atom is -0.342 e. The maximum atomic E-state index is 12.0. The average molecular weight is 331 g/mol. The summed E-state index contributed by atoms with van der Waals surface area (Å²) in [6.07, 6.45) is 1.36. The van der Waals surface area contributed by atoms with Crippen molar-refractivity contribution in [3.8, 4) is 11.4 Å². The Kier molecular flexibility index (Phi) is 3.69. The molecule has 0 saturated carbocycles. The van der Waals surface area contributed by atoms with Crippen LogP contribution in [-0.2, 0) is 12.8 Å². The van der Waals surface area contributed by atoms with Crippen LogP contribution in [0.25, 0.3) is 11.4 Å². The number of H-pyrrole nitrogens is 1. The molecule has 1 aliphatic heterocycles. The van der Waals surface area contributed by atoms with Gasteiger partial charge in [-0.2, -0.15) is 0 Å². The smallest absolute Gasteiger partial charge is 0.259 e. The van der Waals surface area contributed by atoms with Crippen LogP contribution in [0.15, 0.2) is 48.5 Å². The Hall–Kier alpha value is -3.21. The molecule has 2 amide bonds. The zero-order chi connectivity index (χ0) is 17.4. The van der Waals surface area contributed by atoms with Crippen molar-refractivity contribution in [1.29, 1.82) is 0 Å². The van der Waals surface area contributed by atoms with E-state index in [0.29, 0.717) is 24.0 Å². The van der Waals surface area contributed by atoms with Gasteiger partial charge in [-0.25, -0.2) is 4.98 Å². The fourth-order valence-electron chi connectivity index (χ4n) is 3.22. The minimum absolute atomic E-state index is 0.306. The van der Waals surface area contributed by atoms with Crippen LogP contribution in [0.5, 0.6) is 0 Å². The van der Waals surface area contributed by atoms with E-state index in [1.807, 2.05) is 49.4 Å². The van der Waals surface area contributed by atoms with Crippen molar-refractivity contribution in [2.75, 3.05) is 0 Å². The van der Waals surface area contributed by atoms with Gasteiger partial charge in [0.25, 0.3) is 11.8 Å². The molecule has 124 valence electrons. The Morgan fingerprint density at radius 3 is 2.52 bits per heavy atom. The summed E-state index contributed by atoms with van der Waals surface area (Å²) >= 11 is 0. The zero-order valence-corrected chi connectivity index (χ0v) is 13.8. The number of carbonyl (C=O) groups excluding carboxylic acids is 2. The number of imide groups is 1. The first-order chi connectivity index (χ1) is 12.1. The second kappa shape index (κ2) is 6.02. The first kappa shape index (κ1) is 15.3. The normalized spacial score (nSPS) is 13.0. The second-order valence-electron chi connectivity index (χ2n) is 6.15. The molecule has 0 aliphatic carbocycles. The number of hydrogen-bond acceptors (Lipinski definition) is 3. The van der Waals surface area contributed by atoms with E-state index in [1.165, 1.54) is 0 Å². The van der Waals surface area contributed by atoms with Gasteiger partial charge in [-0.3, -0.25) is 14.9 Å². The van der Waals surface area contributed by atoms with E-state index < -0.39 is 0 Å². The minimum atomic E-state index is -0.316. The number of aromatic nitrogens is 2. The van der Waals surface area contributed by atoms with Crippen molar-refractivity contribution in [2.45, 2.75) is 19.8 Å². The van der Waals surface area contributed by atoms with E-state index in [9.17, 15) is 9.59 Å². The van der Waals surface area contributed by atoms with Gasteiger partial charge in [0.1, 0.15) is 5.82 Å². The number of aromatic amines is 1. The second-order valence-corrected chi connectivity index (χ2v) is 6.15. The first-order valence-electron chi connectivity index (χ1n) is 8.22. The fourth-order valence-corrected chi connectivity index (χ4v) is 3.22. The molecule has 3 aromatic rings. The highest BCUT2D eigenvalue weighted by Gasteiger charge is 2.28. The van der Waals surface area contributed by atoms with Gasteiger partial charge in [-0.05, 0) is 31.4 Å². The highest BCUT2D eigenvalue weighted by atomic mass is 16.2. The quantitative estimate of drug-likeness (QED) is 0.722. The van der Waals surface area contributed by atoms with Crippen LogP contribution in [-0.4, -0.2) is 21.8 Å². The summed E-state index contributed by atoms with van der Waals surface area (Å²) in [4.78, 5) is 31.8. The third-order valence-electron chi connectivity index (χ3n) is 4.51. The van der Waals surface area contributed by atoms with Gasteiger partial charge >= 0.3 is 0 Å². The first-order valence-corrected chi connectivity index (χ1v) is 8.22. The summed E-state index contributed by atoms with van der Waals surface area (Å²) in [7, 11) is 0. The van der Waals surface area contributed by atoms with Crippen LogP contribution in [0.4, 0.5) is 0 Å². The molecule has 2 aromatic carbocycles. The Morgan fingerprint density at radius 1 is 0.920 bits per heavy atom. The number of carbonyl (C=O) groups is 2. The molecule has 0 saturated heterocycles. The van der Waals surface area contributed by atoms with Gasteiger partial charge in [0.2, 0.25) is 0 Å². The molecule has 4 rings (SSSR count). The monoisotopic (exact) mass is 331 g/mol. The van der Waals surface area contributed by atoms with Gasteiger partial charge < -0.3 is 4.98 Å². The number of rotatable bonds is 4. The van der Waals surface area contributed by atoms with Crippen LogP contribution in [0.3, 0.4) is 0 Å². The van der Waals surface area contributed by atoms with Gasteiger partial charge in [-0.1, -0.05) is 42.5 Å². The summed E-state index contributed by atoms with van der Waals surface area (Å²) < 4.78 is 0. The zero-order valence-electron chi connectivity index (χ0n) is 13.8. The lowest BCUT2D eigenvalue weighted by molar-refractivity contribution is 0.0879. The summed E-state index contributed by atoms with van der Waals surface area (Å²) in [5, 5.41) is 2.36. The summed E-state index contributed by atoms with van der Waals surface area (Å²) in [6.45, 7) is 2.00. The highest BCUT2D eigenvalue weighted by Crippen LogP contribution is 2.23. The topological polar surface area (TPSA) is 74.8 Å². The molecule has 25 heavy (non-hydrogen) atoms. The summed E-state index contributed by atoms with van der Waals surface area (Å²) in [6, 6.07) is 15.4. The Morgan fingerprint density at radius 2 is 1.72 bits per heavy atom. The molecule has 0 spiro atoms. The number of aryl methyl sites for hydroxylation is 3. The van der Waals surface area contributed by atoms with Gasteiger partial charge in [0, 0.05) is 11.3 Å². The van der Waals surface area contributed by atoms with Gasteiger partial charge in [0.15, 0.2) is 0 Å². The lowest BCUT2D eigenvalue weighted by Gasteiger charge is -2.05. The largest absolute Gasteiger partial charge is 0.342 e. The fraction of sp³-hybridized carbons (Fsp3) is 0.150. The number of benzene rings is 2. The maximum absolute atomic E-state index is 12.0. The van der Waals surface area contributed by atoms with E-state index in [2.05, 4.69) is 10.3 Å². The molecule has 0 fully saturated rings. The van der Waals surface area contributed by atoms with E-state index in [4.69, 9.17) is 4.98 Å². The van der Waals surface area contributed by atoms with E-state index in [-0.39, 0.29) is 11.8 Å². The van der Waals surface area contributed by atoms with Crippen molar-refractivity contribution >= 4 is 11.8 Å². The van der Waals surface area contributed by atoms with Gasteiger partial charge in [-0.15, -0.1) is 0 Å². The van der Waals surface area contributed by atoms with Crippen molar-refractivity contribution in [1.82, 2.24) is 15.3 Å². The van der Waals surface area contributed by atoms with E-state index in [0.717, 1.165) is 28.3 Å². The molecule has 0 bridgehead atoms. The third kappa shape index (κ3) is 2.74. The van der Waals surface area contributed by atoms with Crippen molar-refractivity contribution < 1.29 is 9.59 Å². The Labute approximate surface area is 145 Å². The van der Waals surface area contributed by atoms with Crippen LogP contribution in [0, 0.1) is 6.92 Å². The number of amides is 2. The highest BCUT2D eigenvalue weighted by molar-refractivity contribution is 6.22. The van der Waals surface area contributed by atoms with Crippen molar-refractivity contribution in [3.05, 3.63) is 76.6 Å². The molecule has 0 radical (unpaired) electrons. The molecule has 5 nitrogen and oxygen atoms in total. The van der Waals surface area contributed by atoms with Crippen LogP contribution in [0.1, 0.15) is 37.7 Å². The number of hydrogen-bond donors (Lipinski definition) is 2. The van der Waals surface area contributed by atoms with Crippen molar-refractivity contribution in [3.63, 3.8) is 0 Å². The SMILES string of the molecule is Cc1[nH]c(-c2ccccc2)nc1CCc1cccc2c1C(=O)NC2=O. The molecule has 0 unspecified atom stereocenters. The van der Waals surface area contributed by atoms with Crippen LogP contribution < -0.4 is 5.32 Å². The predicted molar refractivity (Wildman–Crippen MR) is 94.4 cm³/mol. The Balaban J connectivity index is 1.58. The molecule has 5 heteroatoms. The molecular weight excluding hydrogens is 314 g/mol. The number of fused-ring (bicyclic) bond motifs is 1. The molecule has 2 heterocycles. The van der Waals surface area contributed by atoms with Crippen LogP contribution in [0.2, 0.25) is 0 Å². The summed E-state index contributed by atoms with van der Waals surface area (Å²) in [5.74, 6) is 0.225. The predicted octanol–water partition coefficient (Wildman–Crippen LogP) is 3.05. The molecule has 2 N–H and O–H groups in total. The standard InChI is InChI=1S/C20H17N3O2/c1-12-16(22-18(21-12)14-6-3-2-4-7-14)11-10-13-8-5-9-15-17(13)20(25)23-19(15)24/h2-9H,10-11H2,1H3,(H,21,22)(H,23,24,25). The van der Waals surface area contributed by atoms with Crippen LogP contribution >= 0.6 is 0 Å². The van der Waals surface area contributed by atoms with E-state index >= 15 is 0 Å². The van der Waals surface area contributed by atoms with E-state index in [1.54, 1.807) is 6.07 Å². The summed E-state index contributed by atoms with van der Waals surface area (Å²) in [5.41, 5.74) is 4.88. The lowest BCUT2D eigenvalue weighted by atomic mass is 9.98. The lowest BCUT2D eigenvalue weighted by Crippen LogP contribution is -2.20. The number of nitrogens with one attached hydrogen (secondary N) is 2. The average Bonchev–Trinajstić information content (AvgIpc) is 3.14.